The summed E-state index contributed by atoms with van der Waals surface area (Å²) >= 11 is 0. The Bertz CT molecular complexity index is 1020. The van der Waals surface area contributed by atoms with Crippen molar-refractivity contribution in [2.75, 3.05) is 5.73 Å². The highest BCUT2D eigenvalue weighted by atomic mass is 16.6. The van der Waals surface area contributed by atoms with E-state index in [4.69, 9.17) is 10.8 Å². The molecular weight excluding hydrogens is 336 g/mol. The number of aromatic carboxylic acids is 1. The van der Waals surface area contributed by atoms with Crippen molar-refractivity contribution in [3.63, 3.8) is 0 Å². The zero-order valence-electron chi connectivity index (χ0n) is 12.2. The van der Waals surface area contributed by atoms with Gasteiger partial charge in [-0.2, -0.15) is 0 Å². The summed E-state index contributed by atoms with van der Waals surface area (Å²) in [4.78, 5) is 57.0. The standard InChI is InChI=1S/C14H8N4O7/c15-11-10-8(12(20)16-13(10)21)4-9(19)17(11)6-1-5(14(22)23)2-7(3-6)18(24)25/h1-4H,15H2,(H,22,23)(H,16,20,21). The number of carboxylic acid groups (broad SMARTS) is 1. The molecule has 126 valence electrons. The molecule has 0 spiro atoms. The molecule has 1 aliphatic heterocycles. The molecule has 11 nitrogen and oxygen atoms in total. The van der Waals surface area contributed by atoms with Crippen molar-refractivity contribution in [2.45, 2.75) is 0 Å². The first-order valence-corrected chi connectivity index (χ1v) is 6.65. The molecule has 0 fully saturated rings. The van der Waals surface area contributed by atoms with E-state index < -0.39 is 45.3 Å². The van der Waals surface area contributed by atoms with Crippen LogP contribution in [0.3, 0.4) is 0 Å². The molecule has 0 bridgehead atoms. The van der Waals surface area contributed by atoms with Crippen LogP contribution >= 0.6 is 0 Å². The van der Waals surface area contributed by atoms with Crippen LogP contribution in [0.25, 0.3) is 5.69 Å². The van der Waals surface area contributed by atoms with Crippen molar-refractivity contribution in [1.29, 1.82) is 0 Å². The van der Waals surface area contributed by atoms with Crippen molar-refractivity contribution < 1.29 is 24.4 Å². The molecule has 0 saturated carbocycles. The maximum atomic E-state index is 12.3. The normalized spacial score (nSPS) is 12.6. The summed E-state index contributed by atoms with van der Waals surface area (Å²) in [5.41, 5.74) is 3.24. The number of carbonyl (C=O) groups excluding carboxylic acids is 2. The van der Waals surface area contributed by atoms with Crippen molar-refractivity contribution in [3.05, 3.63) is 61.4 Å². The number of imide groups is 1. The van der Waals surface area contributed by atoms with Gasteiger partial charge in [0.2, 0.25) is 0 Å². The van der Waals surface area contributed by atoms with Crippen molar-refractivity contribution >= 4 is 29.3 Å². The number of nitrogens with one attached hydrogen (secondary N) is 1. The van der Waals surface area contributed by atoms with Crippen molar-refractivity contribution in [1.82, 2.24) is 9.88 Å². The molecule has 4 N–H and O–H groups in total. The Morgan fingerprint density at radius 1 is 1.16 bits per heavy atom. The number of hydrogen-bond acceptors (Lipinski definition) is 7. The first-order chi connectivity index (χ1) is 11.7. The number of nitro benzene ring substituents is 1. The number of pyridine rings is 1. The second-order valence-corrected chi connectivity index (χ2v) is 5.08. The van der Waals surface area contributed by atoms with Crippen LogP contribution < -0.4 is 16.6 Å². The monoisotopic (exact) mass is 344 g/mol. The smallest absolute Gasteiger partial charge is 0.336 e. The predicted molar refractivity (Wildman–Crippen MR) is 81.9 cm³/mol. The van der Waals surface area contributed by atoms with Gasteiger partial charge in [0, 0.05) is 18.2 Å². The number of anilines is 1. The third kappa shape index (κ3) is 2.39. The second-order valence-electron chi connectivity index (χ2n) is 5.08. The lowest BCUT2D eigenvalue weighted by Crippen LogP contribution is -2.24. The zero-order valence-corrected chi connectivity index (χ0v) is 12.2. The number of aromatic nitrogens is 1. The first kappa shape index (κ1) is 15.9. The van der Waals surface area contributed by atoms with E-state index in [1.165, 1.54) is 0 Å². The average molecular weight is 344 g/mol. The van der Waals surface area contributed by atoms with Crippen molar-refractivity contribution in [3.8, 4) is 5.69 Å². The Morgan fingerprint density at radius 2 is 1.84 bits per heavy atom. The number of fused-ring (bicyclic) bond motifs is 1. The number of non-ortho nitro benzene ring substituents is 1. The number of hydrogen-bond donors (Lipinski definition) is 3. The van der Waals surface area contributed by atoms with E-state index in [9.17, 15) is 29.3 Å². The molecule has 1 aromatic heterocycles. The average Bonchev–Trinajstić information content (AvgIpc) is 2.81. The van der Waals surface area contributed by atoms with E-state index >= 15 is 0 Å². The Labute approximate surface area is 137 Å². The quantitative estimate of drug-likeness (QED) is 0.393. The summed E-state index contributed by atoms with van der Waals surface area (Å²) in [5, 5.41) is 22.1. The minimum Gasteiger partial charge on any atom is -0.478 e. The molecule has 0 unspecified atom stereocenters. The summed E-state index contributed by atoms with van der Waals surface area (Å²) in [7, 11) is 0. The molecule has 11 heteroatoms. The van der Waals surface area contributed by atoms with Crippen LogP contribution in [-0.2, 0) is 0 Å². The molecule has 25 heavy (non-hydrogen) atoms. The Balaban J connectivity index is 2.35. The number of nitro groups is 1. The molecule has 2 aromatic rings. The molecule has 2 amide bonds. The number of rotatable bonds is 3. The van der Waals surface area contributed by atoms with Crippen LogP contribution in [0.4, 0.5) is 11.5 Å². The molecule has 1 aromatic carbocycles. The Kier molecular flexibility index (Phi) is 3.34. The number of nitrogens with two attached hydrogens (primary N) is 1. The van der Waals surface area contributed by atoms with Gasteiger partial charge < -0.3 is 10.8 Å². The summed E-state index contributed by atoms with van der Waals surface area (Å²) in [6.07, 6.45) is 0. The third-order valence-corrected chi connectivity index (χ3v) is 3.57. The predicted octanol–water partition coefficient (Wildman–Crippen LogP) is -0.0903. The summed E-state index contributed by atoms with van der Waals surface area (Å²) in [6, 6.07) is 3.60. The number of amides is 2. The van der Waals surface area contributed by atoms with Gasteiger partial charge in [-0.1, -0.05) is 0 Å². The molecule has 0 atom stereocenters. The lowest BCUT2D eigenvalue weighted by atomic mass is 10.1. The minimum atomic E-state index is -1.45. The van der Waals surface area contributed by atoms with Crippen LogP contribution in [0.1, 0.15) is 31.1 Å². The lowest BCUT2D eigenvalue weighted by Gasteiger charge is -2.12. The zero-order chi connectivity index (χ0) is 18.5. The highest BCUT2D eigenvalue weighted by Gasteiger charge is 2.32. The van der Waals surface area contributed by atoms with Crippen LogP contribution in [0.5, 0.6) is 0 Å². The topological polar surface area (TPSA) is 175 Å². The largest absolute Gasteiger partial charge is 0.478 e. The molecule has 2 heterocycles. The second kappa shape index (κ2) is 5.26. The highest BCUT2D eigenvalue weighted by Crippen LogP contribution is 2.25. The van der Waals surface area contributed by atoms with Gasteiger partial charge in [0.15, 0.2) is 0 Å². The van der Waals surface area contributed by atoms with Gasteiger partial charge in [-0.25, -0.2) is 4.79 Å². The van der Waals surface area contributed by atoms with Crippen LogP contribution in [0.2, 0.25) is 0 Å². The van der Waals surface area contributed by atoms with Crippen molar-refractivity contribution in [2.24, 2.45) is 0 Å². The van der Waals surface area contributed by atoms with Crippen LogP contribution in [0, 0.1) is 10.1 Å². The summed E-state index contributed by atoms with van der Waals surface area (Å²) < 4.78 is 0.733. The van der Waals surface area contributed by atoms with Gasteiger partial charge in [-0.3, -0.25) is 34.4 Å². The minimum absolute atomic E-state index is 0.215. The lowest BCUT2D eigenvalue weighted by molar-refractivity contribution is -0.384. The molecule has 3 rings (SSSR count). The Morgan fingerprint density at radius 3 is 2.44 bits per heavy atom. The number of carbonyl (C=O) groups is 3. The maximum Gasteiger partial charge on any atom is 0.336 e. The number of nitrogens with zero attached hydrogens (tertiary/aromatic N) is 2. The Hall–Kier alpha value is -4.02. The van der Waals surface area contributed by atoms with Crippen LogP contribution in [0.15, 0.2) is 29.1 Å². The van der Waals surface area contributed by atoms with Crippen LogP contribution in [-0.4, -0.2) is 32.4 Å². The molecule has 0 aliphatic carbocycles. The first-order valence-electron chi connectivity index (χ1n) is 6.65. The van der Waals surface area contributed by atoms with Gasteiger partial charge in [0.25, 0.3) is 23.1 Å². The van der Waals surface area contributed by atoms with E-state index in [2.05, 4.69) is 0 Å². The fourth-order valence-electron chi connectivity index (χ4n) is 2.50. The van der Waals surface area contributed by atoms with E-state index in [1.54, 1.807) is 0 Å². The molecular formula is C14H8N4O7. The summed E-state index contributed by atoms with van der Waals surface area (Å²) in [5.74, 6) is -3.50. The van der Waals surface area contributed by atoms with Gasteiger partial charge in [0.05, 0.1) is 27.3 Å². The SMILES string of the molecule is Nc1c2c(cc(=O)n1-c1cc(C(=O)O)cc([N+](=O)[O-])c1)C(=O)NC2=O. The molecule has 0 radical (unpaired) electrons. The fraction of sp³-hybridized carbons (Fsp3) is 0. The van der Waals surface area contributed by atoms with Gasteiger partial charge >= 0.3 is 5.97 Å². The fourth-order valence-corrected chi connectivity index (χ4v) is 2.50. The number of benzene rings is 1. The van der Waals surface area contributed by atoms with Gasteiger partial charge in [0.1, 0.15) is 5.82 Å². The van der Waals surface area contributed by atoms with E-state index in [1.807, 2.05) is 5.32 Å². The van der Waals surface area contributed by atoms with E-state index in [-0.39, 0.29) is 16.8 Å². The summed E-state index contributed by atoms with van der Waals surface area (Å²) in [6.45, 7) is 0. The maximum absolute atomic E-state index is 12.3. The highest BCUT2D eigenvalue weighted by molar-refractivity contribution is 6.23. The third-order valence-electron chi connectivity index (χ3n) is 3.57. The molecule has 0 saturated heterocycles. The number of carboxylic acids is 1. The number of nitrogen functional groups attached to an aromatic ring is 1. The van der Waals surface area contributed by atoms with E-state index in [0.29, 0.717) is 0 Å². The van der Waals surface area contributed by atoms with Gasteiger partial charge in [-0.05, 0) is 6.07 Å². The van der Waals surface area contributed by atoms with E-state index in [0.717, 1.165) is 28.8 Å². The molecule has 1 aliphatic rings. The van der Waals surface area contributed by atoms with Gasteiger partial charge in [-0.15, -0.1) is 0 Å².